The van der Waals surface area contributed by atoms with Gasteiger partial charge in [-0.15, -0.1) is 0 Å². The standard InChI is InChI=1S/C21H18F8N2/c1-2-19(22,23)18(8-9-31(13-18)12-14-6-4-3-5-7-14)15-10-16(20(24,25)26)30-17(11-15)21(27,28)29/h2-7,10-11H,1,8-9,12-13H2. The van der Waals surface area contributed by atoms with Gasteiger partial charge in [-0.3, -0.25) is 4.90 Å². The Hall–Kier alpha value is -2.49. The van der Waals surface area contributed by atoms with Gasteiger partial charge in [0.25, 0.3) is 5.92 Å². The maximum absolute atomic E-state index is 15.0. The molecule has 1 aliphatic rings. The van der Waals surface area contributed by atoms with Crippen LogP contribution in [0.15, 0.2) is 55.1 Å². The van der Waals surface area contributed by atoms with E-state index < -0.39 is 47.2 Å². The molecule has 1 aromatic heterocycles. The molecule has 1 saturated heterocycles. The molecule has 10 heteroatoms. The SMILES string of the molecule is C=CC(F)(F)C1(c2cc(C(F)(F)F)nc(C(F)(F)F)c2)CCN(Cc2ccccc2)C1. The molecule has 1 unspecified atom stereocenters. The quantitative estimate of drug-likeness (QED) is 0.405. The van der Waals surface area contributed by atoms with Crippen LogP contribution in [-0.4, -0.2) is 28.9 Å². The third-order valence-electron chi connectivity index (χ3n) is 5.45. The largest absolute Gasteiger partial charge is 0.433 e. The Kier molecular flexibility index (Phi) is 5.90. The van der Waals surface area contributed by atoms with Crippen molar-refractivity contribution in [3.63, 3.8) is 0 Å². The van der Waals surface area contributed by atoms with Gasteiger partial charge in [-0.2, -0.15) is 26.3 Å². The molecule has 0 aliphatic carbocycles. The van der Waals surface area contributed by atoms with Crippen LogP contribution in [0, 0.1) is 0 Å². The summed E-state index contributed by atoms with van der Waals surface area (Å²) in [6.45, 7) is 2.91. The van der Waals surface area contributed by atoms with Crippen LogP contribution in [0.1, 0.15) is 28.9 Å². The predicted molar refractivity (Wildman–Crippen MR) is 97.4 cm³/mol. The summed E-state index contributed by atoms with van der Waals surface area (Å²) in [5.74, 6) is -3.76. The van der Waals surface area contributed by atoms with Crippen LogP contribution in [0.2, 0.25) is 0 Å². The van der Waals surface area contributed by atoms with E-state index in [2.05, 4.69) is 11.6 Å². The van der Waals surface area contributed by atoms with Gasteiger partial charge in [-0.1, -0.05) is 36.9 Å². The number of hydrogen-bond acceptors (Lipinski definition) is 2. The highest BCUT2D eigenvalue weighted by molar-refractivity contribution is 5.37. The molecule has 1 fully saturated rings. The Morgan fingerprint density at radius 2 is 1.48 bits per heavy atom. The van der Waals surface area contributed by atoms with E-state index in [1.165, 1.54) is 0 Å². The second kappa shape index (κ2) is 7.89. The summed E-state index contributed by atoms with van der Waals surface area (Å²) in [6.07, 6.45) is -10.5. The minimum atomic E-state index is -5.23. The highest BCUT2D eigenvalue weighted by Crippen LogP contribution is 2.49. The fourth-order valence-electron chi connectivity index (χ4n) is 3.86. The molecule has 0 spiro atoms. The summed E-state index contributed by atoms with van der Waals surface area (Å²) >= 11 is 0. The number of halogens is 8. The van der Waals surface area contributed by atoms with Crippen molar-refractivity contribution in [2.24, 2.45) is 0 Å². The number of pyridine rings is 1. The van der Waals surface area contributed by atoms with Gasteiger partial charge < -0.3 is 0 Å². The van der Waals surface area contributed by atoms with E-state index in [0.29, 0.717) is 12.1 Å². The minimum Gasteiger partial charge on any atom is -0.298 e. The lowest BCUT2D eigenvalue weighted by Gasteiger charge is -2.36. The highest BCUT2D eigenvalue weighted by atomic mass is 19.4. The summed E-state index contributed by atoms with van der Waals surface area (Å²) in [6, 6.07) is 9.33. The molecule has 0 bridgehead atoms. The first kappa shape index (κ1) is 23.2. The number of hydrogen-bond donors (Lipinski definition) is 0. The smallest absolute Gasteiger partial charge is 0.298 e. The van der Waals surface area contributed by atoms with E-state index >= 15 is 8.78 Å². The number of benzene rings is 1. The van der Waals surface area contributed by atoms with Crippen molar-refractivity contribution in [1.82, 2.24) is 9.88 Å². The maximum Gasteiger partial charge on any atom is 0.433 e. The molecule has 2 nitrogen and oxygen atoms in total. The van der Waals surface area contributed by atoms with Crippen molar-refractivity contribution < 1.29 is 35.1 Å². The zero-order valence-corrected chi connectivity index (χ0v) is 16.1. The van der Waals surface area contributed by atoms with Crippen molar-refractivity contribution in [1.29, 1.82) is 0 Å². The van der Waals surface area contributed by atoms with Crippen LogP contribution in [-0.2, 0) is 24.3 Å². The zero-order chi connectivity index (χ0) is 23.1. The second-order valence-electron chi connectivity index (χ2n) is 7.48. The van der Waals surface area contributed by atoms with Crippen molar-refractivity contribution >= 4 is 0 Å². The molecule has 1 aliphatic heterocycles. The molecule has 1 atom stereocenters. The lowest BCUT2D eigenvalue weighted by molar-refractivity contribution is -0.150. The van der Waals surface area contributed by atoms with Crippen molar-refractivity contribution in [3.05, 3.63) is 77.6 Å². The average Bonchev–Trinajstić information content (AvgIpc) is 3.13. The summed E-state index contributed by atoms with van der Waals surface area (Å²) in [5, 5.41) is 0. The van der Waals surface area contributed by atoms with Crippen LogP contribution in [0.25, 0.3) is 0 Å². The first-order valence-corrected chi connectivity index (χ1v) is 9.23. The topological polar surface area (TPSA) is 16.1 Å². The molecule has 2 aromatic rings. The molecule has 168 valence electrons. The number of alkyl halides is 8. The maximum atomic E-state index is 15.0. The molecule has 0 N–H and O–H groups in total. The Morgan fingerprint density at radius 1 is 0.935 bits per heavy atom. The van der Waals surface area contributed by atoms with Gasteiger partial charge in [-0.25, -0.2) is 13.8 Å². The molecule has 0 amide bonds. The molecule has 3 rings (SSSR count). The Labute approximate surface area is 173 Å². The van der Waals surface area contributed by atoms with Crippen molar-refractivity contribution in [2.45, 2.75) is 36.7 Å². The van der Waals surface area contributed by atoms with Gasteiger partial charge in [0, 0.05) is 13.1 Å². The van der Waals surface area contributed by atoms with Gasteiger partial charge in [0.15, 0.2) is 0 Å². The third kappa shape index (κ3) is 4.58. The Morgan fingerprint density at radius 3 is 1.97 bits per heavy atom. The molecule has 31 heavy (non-hydrogen) atoms. The number of rotatable bonds is 5. The fraction of sp³-hybridized carbons (Fsp3) is 0.381. The number of allylic oxidation sites excluding steroid dienone is 1. The Balaban J connectivity index is 2.11. The minimum absolute atomic E-state index is 0.0589. The van der Waals surface area contributed by atoms with Crippen LogP contribution < -0.4 is 0 Å². The lowest BCUT2D eigenvalue weighted by Crippen LogP contribution is -2.46. The summed E-state index contributed by atoms with van der Waals surface area (Å²) in [5.41, 5.74) is -6.02. The summed E-state index contributed by atoms with van der Waals surface area (Å²) in [4.78, 5) is 4.22. The summed E-state index contributed by atoms with van der Waals surface area (Å²) < 4.78 is 110. The summed E-state index contributed by atoms with van der Waals surface area (Å²) in [7, 11) is 0. The predicted octanol–water partition coefficient (Wildman–Crippen LogP) is 6.08. The fourth-order valence-corrected chi connectivity index (χ4v) is 3.86. The zero-order valence-electron chi connectivity index (χ0n) is 16.1. The first-order chi connectivity index (χ1) is 14.3. The molecular weight excluding hydrogens is 432 g/mol. The van der Waals surface area contributed by atoms with Crippen molar-refractivity contribution in [2.75, 3.05) is 13.1 Å². The molecule has 0 radical (unpaired) electrons. The van der Waals surface area contributed by atoms with E-state index in [4.69, 9.17) is 0 Å². The molecular formula is C21H18F8N2. The van der Waals surface area contributed by atoms with E-state index in [9.17, 15) is 26.3 Å². The van der Waals surface area contributed by atoms with E-state index in [0.717, 1.165) is 5.56 Å². The van der Waals surface area contributed by atoms with Crippen molar-refractivity contribution in [3.8, 4) is 0 Å². The second-order valence-corrected chi connectivity index (χ2v) is 7.48. The van der Waals surface area contributed by atoms with Gasteiger partial charge in [-0.05, 0) is 42.3 Å². The molecule has 1 aromatic carbocycles. The average molecular weight is 450 g/mol. The molecule has 0 saturated carbocycles. The van der Waals surface area contributed by atoms with E-state index in [-0.39, 0.29) is 25.6 Å². The molecule has 2 heterocycles. The number of nitrogens with zero attached hydrogens (tertiary/aromatic N) is 2. The van der Waals surface area contributed by atoms with Crippen LogP contribution in [0.5, 0.6) is 0 Å². The lowest BCUT2D eigenvalue weighted by atomic mass is 9.73. The third-order valence-corrected chi connectivity index (χ3v) is 5.45. The van der Waals surface area contributed by atoms with E-state index in [1.54, 1.807) is 35.2 Å². The van der Waals surface area contributed by atoms with Crippen LogP contribution in [0.3, 0.4) is 0 Å². The van der Waals surface area contributed by atoms with Gasteiger partial charge in [0.2, 0.25) is 0 Å². The van der Waals surface area contributed by atoms with Gasteiger partial charge >= 0.3 is 12.4 Å². The Bertz CT molecular complexity index is 904. The number of aromatic nitrogens is 1. The van der Waals surface area contributed by atoms with Crippen LogP contribution >= 0.6 is 0 Å². The van der Waals surface area contributed by atoms with Gasteiger partial charge in [0.05, 0.1) is 5.41 Å². The van der Waals surface area contributed by atoms with E-state index in [1.807, 2.05) is 0 Å². The highest BCUT2D eigenvalue weighted by Gasteiger charge is 2.57. The monoisotopic (exact) mass is 450 g/mol. The normalized spacial score (nSPS) is 20.8. The van der Waals surface area contributed by atoms with Crippen LogP contribution in [0.4, 0.5) is 35.1 Å². The number of likely N-dealkylation sites (tertiary alicyclic amines) is 1. The first-order valence-electron chi connectivity index (χ1n) is 9.23. The van der Waals surface area contributed by atoms with Gasteiger partial charge in [0.1, 0.15) is 11.4 Å².